The van der Waals surface area contributed by atoms with E-state index in [4.69, 9.17) is 4.98 Å². The SMILES string of the molecule is CCC1CCCN(c2nc(C(C)C)c(CNC3CC3)s2)C1. The van der Waals surface area contributed by atoms with Crippen LogP contribution in [0.2, 0.25) is 0 Å². The van der Waals surface area contributed by atoms with Crippen LogP contribution < -0.4 is 10.2 Å². The first-order valence-corrected chi connectivity index (χ1v) is 9.47. The van der Waals surface area contributed by atoms with Crippen molar-refractivity contribution in [2.24, 2.45) is 5.92 Å². The van der Waals surface area contributed by atoms with Crippen molar-refractivity contribution in [1.29, 1.82) is 0 Å². The summed E-state index contributed by atoms with van der Waals surface area (Å²) < 4.78 is 0. The summed E-state index contributed by atoms with van der Waals surface area (Å²) in [5, 5.41) is 4.92. The lowest BCUT2D eigenvalue weighted by Crippen LogP contribution is -2.35. The molecule has 2 aliphatic rings. The van der Waals surface area contributed by atoms with Crippen LogP contribution in [0.4, 0.5) is 5.13 Å². The zero-order valence-corrected chi connectivity index (χ0v) is 14.5. The number of hydrogen-bond acceptors (Lipinski definition) is 4. The van der Waals surface area contributed by atoms with Gasteiger partial charge in [0.2, 0.25) is 0 Å². The van der Waals surface area contributed by atoms with Crippen LogP contribution in [-0.4, -0.2) is 24.1 Å². The number of piperidine rings is 1. The lowest BCUT2D eigenvalue weighted by molar-refractivity contribution is 0.404. The highest BCUT2D eigenvalue weighted by molar-refractivity contribution is 7.15. The van der Waals surface area contributed by atoms with Gasteiger partial charge in [-0.2, -0.15) is 0 Å². The maximum absolute atomic E-state index is 5.00. The van der Waals surface area contributed by atoms with Gasteiger partial charge < -0.3 is 10.2 Å². The average Bonchev–Trinajstić information content (AvgIpc) is 3.22. The molecule has 1 aliphatic carbocycles. The molecule has 1 saturated heterocycles. The monoisotopic (exact) mass is 307 g/mol. The molecule has 1 aliphatic heterocycles. The van der Waals surface area contributed by atoms with Crippen molar-refractivity contribution in [2.45, 2.75) is 71.4 Å². The second-order valence-corrected chi connectivity index (χ2v) is 8.04. The number of rotatable bonds is 6. The van der Waals surface area contributed by atoms with Crippen molar-refractivity contribution < 1.29 is 0 Å². The van der Waals surface area contributed by atoms with Crippen LogP contribution in [-0.2, 0) is 6.54 Å². The number of aromatic nitrogens is 1. The van der Waals surface area contributed by atoms with Crippen LogP contribution in [0.5, 0.6) is 0 Å². The van der Waals surface area contributed by atoms with Gasteiger partial charge in [-0.05, 0) is 37.5 Å². The Morgan fingerprint density at radius 2 is 2.14 bits per heavy atom. The van der Waals surface area contributed by atoms with Crippen molar-refractivity contribution >= 4 is 16.5 Å². The molecule has 0 aromatic carbocycles. The fourth-order valence-electron chi connectivity index (χ4n) is 3.16. The van der Waals surface area contributed by atoms with E-state index in [1.54, 1.807) is 0 Å². The molecule has 0 bridgehead atoms. The number of nitrogens with one attached hydrogen (secondary N) is 1. The summed E-state index contributed by atoms with van der Waals surface area (Å²) in [5.74, 6) is 1.39. The molecule has 3 nitrogen and oxygen atoms in total. The van der Waals surface area contributed by atoms with Gasteiger partial charge in [0.15, 0.2) is 5.13 Å². The van der Waals surface area contributed by atoms with Crippen molar-refractivity contribution in [2.75, 3.05) is 18.0 Å². The first-order valence-electron chi connectivity index (χ1n) is 8.65. The Morgan fingerprint density at radius 1 is 1.33 bits per heavy atom. The lowest BCUT2D eigenvalue weighted by atomic mass is 9.96. The van der Waals surface area contributed by atoms with E-state index in [0.29, 0.717) is 5.92 Å². The molecule has 1 N–H and O–H groups in total. The Bertz CT molecular complexity index is 465. The molecule has 0 radical (unpaired) electrons. The average molecular weight is 308 g/mol. The fourth-order valence-corrected chi connectivity index (χ4v) is 4.36. The van der Waals surface area contributed by atoms with E-state index in [1.165, 1.54) is 60.9 Å². The first-order chi connectivity index (χ1) is 10.2. The van der Waals surface area contributed by atoms with E-state index < -0.39 is 0 Å². The molecule has 4 heteroatoms. The number of anilines is 1. The van der Waals surface area contributed by atoms with Crippen molar-refractivity contribution in [3.8, 4) is 0 Å². The minimum Gasteiger partial charge on any atom is -0.348 e. The number of hydrogen-bond donors (Lipinski definition) is 1. The van der Waals surface area contributed by atoms with Crippen LogP contribution >= 0.6 is 11.3 Å². The number of thiazole rings is 1. The zero-order chi connectivity index (χ0) is 14.8. The Balaban J connectivity index is 1.73. The van der Waals surface area contributed by atoms with Crippen LogP contribution in [0.15, 0.2) is 0 Å². The molecule has 1 unspecified atom stereocenters. The summed E-state index contributed by atoms with van der Waals surface area (Å²) in [4.78, 5) is 9.00. The molecule has 0 spiro atoms. The van der Waals surface area contributed by atoms with Gasteiger partial charge in [0.25, 0.3) is 0 Å². The van der Waals surface area contributed by atoms with E-state index in [2.05, 4.69) is 31.0 Å². The summed E-state index contributed by atoms with van der Waals surface area (Å²) in [5.41, 5.74) is 1.32. The summed E-state index contributed by atoms with van der Waals surface area (Å²) >= 11 is 1.93. The quantitative estimate of drug-likeness (QED) is 0.856. The summed E-state index contributed by atoms with van der Waals surface area (Å²) in [6, 6.07) is 0.773. The highest BCUT2D eigenvalue weighted by Crippen LogP contribution is 2.34. The van der Waals surface area contributed by atoms with Gasteiger partial charge in [0, 0.05) is 30.6 Å². The van der Waals surface area contributed by atoms with E-state index in [9.17, 15) is 0 Å². The van der Waals surface area contributed by atoms with Crippen LogP contribution in [0.1, 0.15) is 69.4 Å². The van der Waals surface area contributed by atoms with E-state index >= 15 is 0 Å². The molecule has 21 heavy (non-hydrogen) atoms. The number of nitrogens with zero attached hydrogens (tertiary/aromatic N) is 2. The lowest BCUT2D eigenvalue weighted by Gasteiger charge is -2.32. The second-order valence-electron chi connectivity index (χ2n) is 6.98. The molecule has 118 valence electrons. The molecule has 3 rings (SSSR count). The second kappa shape index (κ2) is 6.66. The maximum Gasteiger partial charge on any atom is 0.185 e. The maximum atomic E-state index is 5.00. The van der Waals surface area contributed by atoms with E-state index in [0.717, 1.165) is 18.5 Å². The predicted octanol–water partition coefficient (Wildman–Crippen LogP) is 4.14. The van der Waals surface area contributed by atoms with Gasteiger partial charge in [-0.1, -0.05) is 27.2 Å². The Hall–Kier alpha value is -0.610. The van der Waals surface area contributed by atoms with Gasteiger partial charge in [-0.25, -0.2) is 4.98 Å². The van der Waals surface area contributed by atoms with Crippen molar-refractivity contribution in [3.63, 3.8) is 0 Å². The summed E-state index contributed by atoms with van der Waals surface area (Å²) in [6.07, 6.45) is 6.73. The summed E-state index contributed by atoms with van der Waals surface area (Å²) in [6.45, 7) is 10.3. The summed E-state index contributed by atoms with van der Waals surface area (Å²) in [7, 11) is 0. The topological polar surface area (TPSA) is 28.2 Å². The molecule has 2 fully saturated rings. The third-order valence-corrected chi connectivity index (χ3v) is 5.89. The van der Waals surface area contributed by atoms with E-state index in [-0.39, 0.29) is 0 Å². The smallest absolute Gasteiger partial charge is 0.185 e. The molecule has 0 amide bonds. The largest absolute Gasteiger partial charge is 0.348 e. The standard InChI is InChI=1S/C17H29N3S/c1-4-13-6-5-9-20(11-13)17-19-16(12(2)3)15(21-17)10-18-14-7-8-14/h12-14,18H,4-11H2,1-3H3. The highest BCUT2D eigenvalue weighted by Gasteiger charge is 2.25. The van der Waals surface area contributed by atoms with Crippen LogP contribution in [0.25, 0.3) is 0 Å². The highest BCUT2D eigenvalue weighted by atomic mass is 32.1. The third kappa shape index (κ3) is 3.78. The minimum absolute atomic E-state index is 0.526. The molecule has 1 aromatic rings. The van der Waals surface area contributed by atoms with Crippen LogP contribution in [0.3, 0.4) is 0 Å². The third-order valence-electron chi connectivity index (χ3n) is 4.76. The van der Waals surface area contributed by atoms with Gasteiger partial charge in [0.1, 0.15) is 0 Å². The zero-order valence-electron chi connectivity index (χ0n) is 13.7. The Morgan fingerprint density at radius 3 is 2.81 bits per heavy atom. The van der Waals surface area contributed by atoms with Gasteiger partial charge in [-0.3, -0.25) is 0 Å². The van der Waals surface area contributed by atoms with E-state index in [1.807, 2.05) is 11.3 Å². The first kappa shape index (κ1) is 15.3. The Kier molecular flexibility index (Phi) is 4.85. The molecule has 1 aromatic heterocycles. The molecular weight excluding hydrogens is 278 g/mol. The molecule has 1 saturated carbocycles. The van der Waals surface area contributed by atoms with Crippen molar-refractivity contribution in [1.82, 2.24) is 10.3 Å². The molecule has 1 atom stereocenters. The van der Waals surface area contributed by atoms with Gasteiger partial charge in [0.05, 0.1) is 5.69 Å². The predicted molar refractivity (Wildman–Crippen MR) is 91.3 cm³/mol. The van der Waals surface area contributed by atoms with Gasteiger partial charge >= 0.3 is 0 Å². The normalized spacial score (nSPS) is 23.0. The van der Waals surface area contributed by atoms with Crippen LogP contribution in [0, 0.1) is 5.92 Å². The fraction of sp³-hybridized carbons (Fsp3) is 0.824. The van der Waals surface area contributed by atoms with Crippen molar-refractivity contribution in [3.05, 3.63) is 10.6 Å². The molecular formula is C17H29N3S. The molecule has 2 heterocycles. The van der Waals surface area contributed by atoms with Gasteiger partial charge in [-0.15, -0.1) is 11.3 Å². The minimum atomic E-state index is 0.526. The Labute approximate surface area is 133 Å².